The van der Waals surface area contributed by atoms with Gasteiger partial charge < -0.3 is 15.4 Å². The standard InChI is InChI=1S/C17H25N3O3/c1-18-17(22)14-11-20(10-13-6-4-3-5-7-13)12-15(14)19-16(21)8-9-23-2/h3-7,14-15H,8-12H2,1-2H3,(H,18,22)(H,19,21)/t14-,15-/m0/s1. The van der Waals surface area contributed by atoms with Crippen LogP contribution < -0.4 is 10.6 Å². The molecule has 0 saturated carbocycles. The summed E-state index contributed by atoms with van der Waals surface area (Å²) >= 11 is 0. The van der Waals surface area contributed by atoms with Gasteiger partial charge in [-0.15, -0.1) is 0 Å². The Morgan fingerprint density at radius 2 is 2.00 bits per heavy atom. The smallest absolute Gasteiger partial charge is 0.226 e. The van der Waals surface area contributed by atoms with Crippen molar-refractivity contribution in [1.82, 2.24) is 15.5 Å². The van der Waals surface area contributed by atoms with Crippen molar-refractivity contribution in [2.24, 2.45) is 5.92 Å². The van der Waals surface area contributed by atoms with E-state index in [9.17, 15) is 9.59 Å². The zero-order chi connectivity index (χ0) is 16.7. The summed E-state index contributed by atoms with van der Waals surface area (Å²) in [6, 6.07) is 9.97. The molecule has 2 atom stereocenters. The Labute approximate surface area is 137 Å². The fraction of sp³-hybridized carbons (Fsp3) is 0.529. The number of methoxy groups -OCH3 is 1. The van der Waals surface area contributed by atoms with Crippen molar-refractivity contribution < 1.29 is 14.3 Å². The zero-order valence-electron chi connectivity index (χ0n) is 13.7. The van der Waals surface area contributed by atoms with Crippen molar-refractivity contribution in [2.45, 2.75) is 19.0 Å². The molecule has 126 valence electrons. The molecule has 6 nitrogen and oxygen atoms in total. The van der Waals surface area contributed by atoms with Crippen LogP contribution >= 0.6 is 0 Å². The Bertz CT molecular complexity index is 521. The fourth-order valence-corrected chi connectivity index (χ4v) is 2.93. The predicted molar refractivity (Wildman–Crippen MR) is 87.7 cm³/mol. The van der Waals surface area contributed by atoms with Crippen LogP contribution in [0, 0.1) is 5.92 Å². The highest BCUT2D eigenvalue weighted by Crippen LogP contribution is 2.20. The Kier molecular flexibility index (Phi) is 6.55. The zero-order valence-corrected chi connectivity index (χ0v) is 13.7. The highest BCUT2D eigenvalue weighted by atomic mass is 16.5. The van der Waals surface area contributed by atoms with Gasteiger partial charge in [0.1, 0.15) is 0 Å². The highest BCUT2D eigenvalue weighted by molar-refractivity contribution is 5.82. The Balaban J connectivity index is 1.97. The lowest BCUT2D eigenvalue weighted by molar-refractivity contribution is -0.126. The van der Waals surface area contributed by atoms with Gasteiger partial charge in [-0.05, 0) is 5.56 Å². The average molecular weight is 319 g/mol. The van der Waals surface area contributed by atoms with Gasteiger partial charge in [0.15, 0.2) is 0 Å². The number of hydrogen-bond acceptors (Lipinski definition) is 4. The number of carbonyl (C=O) groups excluding carboxylic acids is 2. The molecular formula is C17H25N3O3. The number of hydrogen-bond donors (Lipinski definition) is 2. The van der Waals surface area contributed by atoms with E-state index in [0.29, 0.717) is 26.1 Å². The first-order chi connectivity index (χ1) is 11.1. The second kappa shape index (κ2) is 8.64. The quantitative estimate of drug-likeness (QED) is 0.762. The first-order valence-corrected chi connectivity index (χ1v) is 7.90. The number of amides is 2. The number of rotatable bonds is 7. The molecule has 0 aromatic heterocycles. The summed E-state index contributed by atoms with van der Waals surface area (Å²) in [6.45, 7) is 2.48. The summed E-state index contributed by atoms with van der Waals surface area (Å²) in [6.07, 6.45) is 0.312. The summed E-state index contributed by atoms with van der Waals surface area (Å²) in [5.74, 6) is -0.333. The first-order valence-electron chi connectivity index (χ1n) is 7.90. The van der Waals surface area contributed by atoms with Crippen molar-refractivity contribution in [3.05, 3.63) is 35.9 Å². The van der Waals surface area contributed by atoms with Gasteiger partial charge in [0, 0.05) is 40.2 Å². The topological polar surface area (TPSA) is 70.7 Å². The summed E-state index contributed by atoms with van der Waals surface area (Å²) in [7, 11) is 3.20. The molecule has 0 aliphatic carbocycles. The van der Waals surface area contributed by atoms with E-state index in [4.69, 9.17) is 4.74 Å². The maximum Gasteiger partial charge on any atom is 0.226 e. The fourth-order valence-electron chi connectivity index (χ4n) is 2.93. The molecular weight excluding hydrogens is 294 g/mol. The molecule has 2 rings (SSSR count). The second-order valence-corrected chi connectivity index (χ2v) is 5.82. The van der Waals surface area contributed by atoms with Crippen LogP contribution in [0.1, 0.15) is 12.0 Å². The normalized spacial score (nSPS) is 21.1. The lowest BCUT2D eigenvalue weighted by atomic mass is 10.0. The van der Waals surface area contributed by atoms with Crippen LogP contribution in [0.15, 0.2) is 30.3 Å². The Morgan fingerprint density at radius 1 is 1.26 bits per heavy atom. The van der Waals surface area contributed by atoms with Gasteiger partial charge in [-0.2, -0.15) is 0 Å². The molecule has 0 radical (unpaired) electrons. The van der Waals surface area contributed by atoms with E-state index >= 15 is 0 Å². The minimum atomic E-state index is -0.227. The summed E-state index contributed by atoms with van der Waals surface area (Å²) in [4.78, 5) is 26.2. The van der Waals surface area contributed by atoms with Crippen LogP contribution in [-0.4, -0.2) is 56.6 Å². The van der Waals surface area contributed by atoms with Crippen LogP contribution in [0.2, 0.25) is 0 Å². The average Bonchev–Trinajstić information content (AvgIpc) is 2.95. The van der Waals surface area contributed by atoms with E-state index in [-0.39, 0.29) is 23.8 Å². The number of carbonyl (C=O) groups is 2. The van der Waals surface area contributed by atoms with E-state index in [2.05, 4.69) is 27.7 Å². The molecule has 1 heterocycles. The first kappa shape index (κ1) is 17.4. The van der Waals surface area contributed by atoms with Crippen LogP contribution in [0.3, 0.4) is 0 Å². The Hall–Kier alpha value is -1.92. The molecule has 0 spiro atoms. The number of benzene rings is 1. The van der Waals surface area contributed by atoms with Gasteiger partial charge >= 0.3 is 0 Å². The third kappa shape index (κ3) is 5.04. The third-order valence-corrected chi connectivity index (χ3v) is 4.11. The molecule has 2 amide bonds. The predicted octanol–water partition coefficient (Wildman–Crippen LogP) is 0.386. The number of ether oxygens (including phenoxy) is 1. The van der Waals surface area contributed by atoms with E-state index in [1.165, 1.54) is 5.56 Å². The van der Waals surface area contributed by atoms with E-state index < -0.39 is 0 Å². The molecule has 1 aliphatic heterocycles. The Morgan fingerprint density at radius 3 is 2.65 bits per heavy atom. The maximum atomic E-state index is 12.1. The summed E-state index contributed by atoms with van der Waals surface area (Å²) in [5.41, 5.74) is 1.20. The molecule has 2 N–H and O–H groups in total. The van der Waals surface area contributed by atoms with Gasteiger partial charge in [0.2, 0.25) is 11.8 Å². The maximum absolute atomic E-state index is 12.1. The van der Waals surface area contributed by atoms with Gasteiger partial charge in [0.25, 0.3) is 0 Å². The molecule has 1 aromatic rings. The van der Waals surface area contributed by atoms with Crippen molar-refractivity contribution in [1.29, 1.82) is 0 Å². The van der Waals surface area contributed by atoms with Gasteiger partial charge in [-0.25, -0.2) is 0 Å². The molecule has 1 aromatic carbocycles. The monoisotopic (exact) mass is 319 g/mol. The van der Waals surface area contributed by atoms with E-state index in [1.54, 1.807) is 14.2 Å². The second-order valence-electron chi connectivity index (χ2n) is 5.82. The minimum Gasteiger partial charge on any atom is -0.384 e. The molecule has 23 heavy (non-hydrogen) atoms. The largest absolute Gasteiger partial charge is 0.384 e. The molecule has 1 aliphatic rings. The minimum absolute atomic E-state index is 0.0300. The lowest BCUT2D eigenvalue weighted by Crippen LogP contribution is -2.45. The summed E-state index contributed by atoms with van der Waals surface area (Å²) < 4.78 is 4.92. The SMILES string of the molecule is CNC(=O)[C@H]1CN(Cc2ccccc2)C[C@@H]1NC(=O)CCOC. The van der Waals surface area contributed by atoms with E-state index in [0.717, 1.165) is 6.54 Å². The van der Waals surface area contributed by atoms with Crippen LogP contribution in [0.5, 0.6) is 0 Å². The molecule has 1 fully saturated rings. The van der Waals surface area contributed by atoms with Crippen LogP contribution in [0.25, 0.3) is 0 Å². The van der Waals surface area contributed by atoms with Crippen molar-refractivity contribution in [3.63, 3.8) is 0 Å². The van der Waals surface area contributed by atoms with E-state index in [1.807, 2.05) is 18.2 Å². The van der Waals surface area contributed by atoms with Gasteiger partial charge in [0.05, 0.1) is 18.6 Å². The number of nitrogens with one attached hydrogen (secondary N) is 2. The molecule has 1 saturated heterocycles. The molecule has 0 unspecified atom stereocenters. The van der Waals surface area contributed by atoms with Crippen molar-refractivity contribution in [3.8, 4) is 0 Å². The van der Waals surface area contributed by atoms with Gasteiger partial charge in [-0.3, -0.25) is 14.5 Å². The van der Waals surface area contributed by atoms with Crippen molar-refractivity contribution in [2.75, 3.05) is 33.9 Å². The van der Waals surface area contributed by atoms with Crippen molar-refractivity contribution >= 4 is 11.8 Å². The van der Waals surface area contributed by atoms with Crippen LogP contribution in [-0.2, 0) is 20.9 Å². The number of nitrogens with zero attached hydrogens (tertiary/aromatic N) is 1. The highest BCUT2D eigenvalue weighted by Gasteiger charge is 2.37. The lowest BCUT2D eigenvalue weighted by Gasteiger charge is -2.18. The molecule has 6 heteroatoms. The van der Waals surface area contributed by atoms with Gasteiger partial charge in [-0.1, -0.05) is 30.3 Å². The third-order valence-electron chi connectivity index (χ3n) is 4.11. The molecule has 0 bridgehead atoms. The van der Waals surface area contributed by atoms with Crippen LogP contribution in [0.4, 0.5) is 0 Å². The summed E-state index contributed by atoms with van der Waals surface area (Å²) in [5, 5.41) is 5.67. The number of likely N-dealkylation sites (tertiary alicyclic amines) is 1.